The highest BCUT2D eigenvalue weighted by atomic mass is 79.9. The number of ether oxygens (including phenoxy) is 5. The first-order valence-corrected chi connectivity index (χ1v) is 16.5. The van der Waals surface area contributed by atoms with Crippen LogP contribution in [0, 0.1) is 0 Å². The number of aromatic nitrogens is 5. The molecule has 43 heavy (non-hydrogen) atoms. The third-order valence-electron chi connectivity index (χ3n) is 6.78. The first-order chi connectivity index (χ1) is 20.9. The van der Waals surface area contributed by atoms with Crippen LogP contribution in [0.2, 0.25) is 5.15 Å². The fourth-order valence-corrected chi connectivity index (χ4v) is 7.64. The Morgan fingerprint density at radius 2 is 2.07 bits per heavy atom. The molecule has 3 aromatic heterocycles. The van der Waals surface area contributed by atoms with Crippen molar-refractivity contribution < 1.29 is 28.5 Å². The van der Waals surface area contributed by atoms with Crippen LogP contribution in [0.3, 0.4) is 0 Å². The van der Waals surface area contributed by atoms with Crippen LogP contribution in [-0.4, -0.2) is 74.5 Å². The average Bonchev–Trinajstić information content (AvgIpc) is 3.67. The molecule has 2 fully saturated rings. The van der Waals surface area contributed by atoms with Gasteiger partial charge in [-0.2, -0.15) is 0 Å². The van der Waals surface area contributed by atoms with Gasteiger partial charge in [0.1, 0.15) is 45.6 Å². The van der Waals surface area contributed by atoms with E-state index < -0.39 is 42.0 Å². The summed E-state index contributed by atoms with van der Waals surface area (Å²) < 4.78 is 33.5. The van der Waals surface area contributed by atoms with E-state index in [1.165, 1.54) is 23.1 Å². The Balaban J connectivity index is 1.38. The van der Waals surface area contributed by atoms with E-state index in [-0.39, 0.29) is 18.9 Å². The summed E-state index contributed by atoms with van der Waals surface area (Å²) in [7, 11) is 0. The second kappa shape index (κ2) is 13.7. The van der Waals surface area contributed by atoms with Crippen molar-refractivity contribution in [1.82, 2.24) is 25.0 Å². The fourth-order valence-electron chi connectivity index (χ4n) is 4.99. The zero-order chi connectivity index (χ0) is 29.9. The molecule has 0 aliphatic carbocycles. The lowest BCUT2D eigenvalue weighted by Gasteiger charge is -2.49. The van der Waals surface area contributed by atoms with Crippen molar-refractivity contribution in [2.45, 2.75) is 54.8 Å². The van der Waals surface area contributed by atoms with Crippen molar-refractivity contribution in [3.63, 3.8) is 0 Å². The minimum absolute atomic E-state index is 0.191. The average molecular weight is 709 g/mol. The van der Waals surface area contributed by atoms with E-state index in [9.17, 15) is 4.79 Å². The van der Waals surface area contributed by atoms with Crippen LogP contribution < -0.4 is 0 Å². The van der Waals surface area contributed by atoms with Crippen LogP contribution in [0.1, 0.15) is 42.2 Å². The molecule has 0 saturated carbocycles. The summed E-state index contributed by atoms with van der Waals surface area (Å²) in [5.41, 5.74) is 1.06. The van der Waals surface area contributed by atoms with Gasteiger partial charge < -0.3 is 23.7 Å². The molecule has 2 aliphatic heterocycles. The van der Waals surface area contributed by atoms with E-state index >= 15 is 0 Å². The second-order valence-electron chi connectivity index (χ2n) is 9.53. The number of nitrogens with zero attached hydrogens (tertiary/aromatic N) is 5. The predicted octanol–water partition coefficient (Wildman–Crippen LogP) is 5.97. The number of hydrogen-bond acceptors (Lipinski definition) is 12. The van der Waals surface area contributed by atoms with Gasteiger partial charge in [-0.25, -0.2) is 19.4 Å². The molecule has 0 radical (unpaired) electrons. The number of thiazole rings is 1. The van der Waals surface area contributed by atoms with Crippen molar-refractivity contribution in [2.75, 3.05) is 19.8 Å². The maximum Gasteiger partial charge on any atom is 0.358 e. The van der Waals surface area contributed by atoms with Gasteiger partial charge >= 0.3 is 5.97 Å². The molecule has 1 aromatic carbocycles. The smallest absolute Gasteiger partial charge is 0.358 e. The van der Waals surface area contributed by atoms with Crippen LogP contribution in [0.25, 0.3) is 10.7 Å². The Morgan fingerprint density at radius 3 is 2.81 bits per heavy atom. The van der Waals surface area contributed by atoms with E-state index in [2.05, 4.69) is 36.2 Å². The molecule has 2 saturated heterocycles. The zero-order valence-corrected chi connectivity index (χ0v) is 27.0. The summed E-state index contributed by atoms with van der Waals surface area (Å²) in [6.07, 6.45) is 1.21. The van der Waals surface area contributed by atoms with Crippen LogP contribution in [-0.2, 0) is 23.7 Å². The summed E-state index contributed by atoms with van der Waals surface area (Å²) >= 11 is 12.3. The molecule has 4 aromatic rings. The summed E-state index contributed by atoms with van der Waals surface area (Å²) in [6, 6.07) is 11.1. The van der Waals surface area contributed by atoms with Gasteiger partial charge in [-0.3, -0.25) is 0 Å². The highest BCUT2D eigenvalue weighted by Gasteiger charge is 2.52. The predicted molar refractivity (Wildman–Crippen MR) is 163 cm³/mol. The van der Waals surface area contributed by atoms with E-state index in [0.717, 1.165) is 5.56 Å². The fraction of sp³-hybridized carbons (Fsp3) is 0.393. The molecule has 6 rings (SSSR count). The molecular weight excluding hydrogens is 682 g/mol. The monoisotopic (exact) mass is 707 g/mol. The maximum absolute atomic E-state index is 12.8. The molecule has 0 N–H and O–H groups in total. The first-order valence-electron chi connectivity index (χ1n) is 13.6. The quantitative estimate of drug-likeness (QED) is 0.192. The van der Waals surface area contributed by atoms with Gasteiger partial charge in [0, 0.05) is 33.1 Å². The highest BCUT2D eigenvalue weighted by molar-refractivity contribution is 9.10. The number of carbonyl (C=O) groups is 1. The molecule has 15 heteroatoms. The zero-order valence-electron chi connectivity index (χ0n) is 23.0. The number of rotatable bonds is 9. The van der Waals surface area contributed by atoms with E-state index in [4.69, 9.17) is 35.3 Å². The maximum atomic E-state index is 12.8. The number of esters is 1. The molecule has 226 valence electrons. The molecule has 0 amide bonds. The number of pyridine rings is 1. The SMILES string of the molecule is CCOC(=O)c1ncc(Br)cc1S[C@H]1OC2COC(c3ccccc3)O[C@@H]2C(n2cc(-c3nc(Cl)cs3)nn2)C1OCC. The van der Waals surface area contributed by atoms with Gasteiger partial charge in [-0.15, -0.1) is 16.4 Å². The number of hydrogen-bond donors (Lipinski definition) is 0. The normalized spacial score (nSPS) is 25.3. The van der Waals surface area contributed by atoms with Crippen molar-refractivity contribution in [2.24, 2.45) is 0 Å². The summed E-state index contributed by atoms with van der Waals surface area (Å²) in [6.45, 7) is 4.55. The van der Waals surface area contributed by atoms with E-state index in [0.29, 0.717) is 31.8 Å². The number of thioether (sulfide) groups is 1. The third kappa shape index (κ3) is 6.66. The molecule has 0 spiro atoms. The topological polar surface area (TPSA) is 120 Å². The molecule has 2 aliphatic rings. The Morgan fingerprint density at radius 1 is 1.23 bits per heavy atom. The number of carbonyl (C=O) groups excluding carboxylic acids is 1. The highest BCUT2D eigenvalue weighted by Crippen LogP contribution is 2.45. The number of halogens is 2. The Labute approximate surface area is 269 Å². The van der Waals surface area contributed by atoms with Crippen molar-refractivity contribution in [1.29, 1.82) is 0 Å². The first kappa shape index (κ1) is 30.6. The minimum Gasteiger partial charge on any atom is -0.461 e. The van der Waals surface area contributed by atoms with Crippen molar-refractivity contribution in [3.8, 4) is 10.7 Å². The molecular formula is C28H27BrClN5O6S2. The lowest BCUT2D eigenvalue weighted by Crippen LogP contribution is -2.59. The lowest BCUT2D eigenvalue weighted by molar-refractivity contribution is -0.309. The summed E-state index contributed by atoms with van der Waals surface area (Å²) in [4.78, 5) is 22.1. The largest absolute Gasteiger partial charge is 0.461 e. The Bertz CT molecular complexity index is 1560. The minimum atomic E-state index is -0.606. The lowest BCUT2D eigenvalue weighted by atomic mass is 9.95. The van der Waals surface area contributed by atoms with Gasteiger partial charge in [0.05, 0.1) is 19.4 Å². The van der Waals surface area contributed by atoms with Gasteiger partial charge in [-0.1, -0.05) is 58.9 Å². The summed E-state index contributed by atoms with van der Waals surface area (Å²) in [5.74, 6) is -0.520. The standard InChI is InChI=1S/C28H27BrClN5O6S2/c1-3-37-24-22(35-12-17(33-34-35)25-32-20(30)14-42-25)23-18(13-39-27(41-23)15-8-6-5-7-9-15)40-28(24)43-19-10-16(29)11-31-21(19)26(36)38-4-2/h5-12,14,18,22-24,27-28H,3-4,13H2,1-2H3/t18?,22?,23-,24?,27?,28+/m0/s1. The van der Waals surface area contributed by atoms with Crippen molar-refractivity contribution in [3.05, 3.63) is 75.1 Å². The Hall–Kier alpha value is -2.43. The van der Waals surface area contributed by atoms with Gasteiger partial charge in [0.25, 0.3) is 0 Å². The third-order valence-corrected chi connectivity index (χ3v) is 9.58. The number of fused-ring (bicyclic) bond motifs is 1. The molecule has 4 unspecified atom stereocenters. The molecule has 11 nitrogen and oxygen atoms in total. The van der Waals surface area contributed by atoms with Crippen LogP contribution >= 0.6 is 50.6 Å². The second-order valence-corrected chi connectivity index (χ2v) is 12.8. The van der Waals surface area contributed by atoms with E-state index in [1.807, 2.05) is 49.5 Å². The molecule has 0 bridgehead atoms. The molecule has 6 atom stereocenters. The van der Waals surface area contributed by atoms with Crippen LogP contribution in [0.4, 0.5) is 0 Å². The van der Waals surface area contributed by atoms with Gasteiger partial charge in [-0.05, 0) is 35.8 Å². The van der Waals surface area contributed by atoms with Gasteiger partial charge in [0.15, 0.2) is 12.0 Å². The number of benzene rings is 1. The van der Waals surface area contributed by atoms with Crippen molar-refractivity contribution >= 4 is 56.6 Å². The van der Waals surface area contributed by atoms with Crippen LogP contribution in [0.5, 0.6) is 0 Å². The molecule has 5 heterocycles. The summed E-state index contributed by atoms with van der Waals surface area (Å²) in [5, 5.41) is 11.7. The Kier molecular flexibility index (Phi) is 9.74. The van der Waals surface area contributed by atoms with Gasteiger partial charge in [0.2, 0.25) is 0 Å². The van der Waals surface area contributed by atoms with E-state index in [1.54, 1.807) is 23.2 Å². The van der Waals surface area contributed by atoms with Crippen LogP contribution in [0.15, 0.2) is 63.5 Å².